The molecule has 4 aromatic rings. The smallest absolute Gasteiger partial charge is 0.151 e. The number of aldehydes is 1. The molecule has 0 saturated heterocycles. The van der Waals surface area contributed by atoms with Crippen LogP contribution in [0.15, 0.2) is 87.8 Å². The van der Waals surface area contributed by atoms with Crippen molar-refractivity contribution >= 4 is 94.7 Å². The largest absolute Gasteiger partial charge is 0.399 e. The minimum absolute atomic E-state index is 0.0957. The van der Waals surface area contributed by atoms with E-state index < -0.39 is 0 Å². The first kappa shape index (κ1) is 44.6. The number of anilines is 2. The molecule has 0 aliphatic rings. The molecule has 0 atom stereocenters. The molecule has 7 heteroatoms. The van der Waals surface area contributed by atoms with E-state index in [4.69, 9.17) is 11.5 Å². The fraction of sp³-hybridized carbons (Fsp3) is 0.390. The summed E-state index contributed by atoms with van der Waals surface area (Å²) in [7, 11) is 0. The lowest BCUT2D eigenvalue weighted by molar-refractivity contribution is 0.112. The van der Waals surface area contributed by atoms with Gasteiger partial charge in [0.15, 0.2) is 6.29 Å². The Morgan fingerprint density at radius 3 is 1.23 bits per heavy atom. The number of carbonyl (C=O) groups is 1. The number of hydrogen-bond donors (Lipinski definition) is 2. The highest BCUT2D eigenvalue weighted by Crippen LogP contribution is 2.29. The minimum Gasteiger partial charge on any atom is -0.399 e. The number of halogens is 4. The fourth-order valence-electron chi connectivity index (χ4n) is 4.04. The van der Waals surface area contributed by atoms with Crippen LogP contribution in [0.1, 0.15) is 116 Å². The van der Waals surface area contributed by atoms with Gasteiger partial charge in [-0.1, -0.05) is 129 Å². The molecular weight excluding hydrogens is 950 g/mol. The van der Waals surface area contributed by atoms with Crippen LogP contribution in [0.4, 0.5) is 11.4 Å². The lowest BCUT2D eigenvalue weighted by atomic mass is 9.86. The zero-order chi connectivity index (χ0) is 37.3. The van der Waals surface area contributed by atoms with E-state index in [1.807, 2.05) is 36.4 Å². The van der Waals surface area contributed by atoms with Gasteiger partial charge in [-0.05, 0) is 154 Å². The molecule has 3 nitrogen and oxygen atoms in total. The first-order valence-corrected chi connectivity index (χ1v) is 19.6. The Labute approximate surface area is 335 Å². The number of rotatable bonds is 1. The van der Waals surface area contributed by atoms with E-state index in [9.17, 15) is 4.79 Å². The third-order valence-corrected chi connectivity index (χ3v) is 11.4. The second kappa shape index (κ2) is 18.7. The molecule has 0 radical (unpaired) electrons. The van der Waals surface area contributed by atoms with Crippen molar-refractivity contribution in [3.63, 3.8) is 0 Å². The molecule has 0 aliphatic carbocycles. The Morgan fingerprint density at radius 1 is 0.500 bits per heavy atom. The van der Waals surface area contributed by atoms with Gasteiger partial charge in [0.1, 0.15) is 0 Å². The van der Waals surface area contributed by atoms with Gasteiger partial charge in [0.25, 0.3) is 0 Å². The van der Waals surface area contributed by atoms with Gasteiger partial charge in [-0.15, -0.1) is 0 Å². The Hall–Kier alpha value is -1.43. The summed E-state index contributed by atoms with van der Waals surface area (Å²) in [6, 6.07) is 26.7. The van der Waals surface area contributed by atoms with E-state index in [0.717, 1.165) is 25.7 Å². The van der Waals surface area contributed by atoms with Crippen molar-refractivity contribution in [2.75, 3.05) is 11.5 Å². The van der Waals surface area contributed by atoms with Gasteiger partial charge in [0.2, 0.25) is 0 Å². The van der Waals surface area contributed by atoms with E-state index in [0.29, 0.717) is 5.56 Å². The van der Waals surface area contributed by atoms with Gasteiger partial charge in [-0.25, -0.2) is 0 Å². The molecule has 0 spiro atoms. The van der Waals surface area contributed by atoms with Crippen molar-refractivity contribution in [3.05, 3.63) is 123 Å². The van der Waals surface area contributed by atoms with Gasteiger partial charge in [0.05, 0.1) is 0 Å². The van der Waals surface area contributed by atoms with Crippen LogP contribution in [0, 0.1) is 7.14 Å². The molecule has 4 N–H and O–H groups in total. The lowest BCUT2D eigenvalue weighted by Crippen LogP contribution is -2.11. The Morgan fingerprint density at radius 2 is 0.854 bits per heavy atom. The van der Waals surface area contributed by atoms with Gasteiger partial charge in [0, 0.05) is 33.0 Å². The lowest BCUT2D eigenvalue weighted by Gasteiger charge is -2.19. The third kappa shape index (κ3) is 15.6. The number of nitrogen functional groups attached to an aromatic ring is 2. The number of carbonyl (C=O) groups excluding carboxylic acids is 1. The molecule has 0 aliphatic heterocycles. The summed E-state index contributed by atoms with van der Waals surface area (Å²) in [6.07, 6.45) is 0.874. The van der Waals surface area contributed by atoms with E-state index >= 15 is 0 Å². The first-order valence-electron chi connectivity index (χ1n) is 15.9. The Kier molecular flexibility index (Phi) is 17.4. The van der Waals surface area contributed by atoms with Gasteiger partial charge < -0.3 is 11.5 Å². The molecule has 0 bridgehead atoms. The topological polar surface area (TPSA) is 69.1 Å². The number of nitrogens with two attached hydrogens (primary N) is 2. The van der Waals surface area contributed by atoms with Crippen LogP contribution in [0.3, 0.4) is 0 Å². The fourth-order valence-corrected chi connectivity index (χ4v) is 5.66. The highest BCUT2D eigenvalue weighted by atomic mass is 127. The number of hydrogen-bond acceptors (Lipinski definition) is 3. The summed E-state index contributed by atoms with van der Waals surface area (Å²) in [5, 5.41) is 0. The molecule has 0 saturated carbocycles. The van der Waals surface area contributed by atoms with Crippen molar-refractivity contribution in [1.29, 1.82) is 0 Å². The molecule has 0 fully saturated rings. The monoisotopic (exact) mass is 1000 g/mol. The second-order valence-corrected chi connectivity index (χ2v) is 19.9. The number of benzene rings is 4. The van der Waals surface area contributed by atoms with Crippen LogP contribution in [0.5, 0.6) is 0 Å². The van der Waals surface area contributed by atoms with Gasteiger partial charge in [-0.3, -0.25) is 4.79 Å². The van der Waals surface area contributed by atoms with Crippen molar-refractivity contribution in [2.45, 2.75) is 105 Å². The van der Waals surface area contributed by atoms with Crippen LogP contribution < -0.4 is 11.5 Å². The van der Waals surface area contributed by atoms with E-state index in [1.165, 1.54) is 30.3 Å². The highest BCUT2D eigenvalue weighted by molar-refractivity contribution is 14.1. The maximum Gasteiger partial charge on any atom is 0.151 e. The zero-order valence-corrected chi connectivity index (χ0v) is 38.1. The highest BCUT2D eigenvalue weighted by Gasteiger charge is 2.16. The average Bonchev–Trinajstić information content (AvgIpc) is 2.95. The van der Waals surface area contributed by atoms with Crippen LogP contribution >= 0.6 is 77.0 Å². The van der Waals surface area contributed by atoms with Crippen molar-refractivity contribution in [3.8, 4) is 0 Å². The molecular formula is C41H54Br2I2N2O. The normalized spacial score (nSPS) is 11.6. The second-order valence-electron chi connectivity index (χ2n) is 15.8. The molecule has 0 amide bonds. The Bertz CT molecular complexity index is 1560. The summed E-state index contributed by atoms with van der Waals surface area (Å²) in [4.78, 5) is 10.7. The third-order valence-electron chi connectivity index (χ3n) is 7.42. The minimum atomic E-state index is 0.0957. The van der Waals surface area contributed by atoms with E-state index in [1.54, 1.807) is 0 Å². The maximum atomic E-state index is 10.7. The maximum absolute atomic E-state index is 10.7. The van der Waals surface area contributed by atoms with E-state index in [2.05, 4.69) is 203 Å². The standard InChI is InChI=1S/C11H13BrO.C10H12BrI.C10H14IN.C10H15N/c1-11(2,3)9-4-5-10(12)8(6-9)7-13;1-10(2,3)7-4-5-8(11)9(12)6-7;1-10(2,3)7-4-5-9(12)8(11)6-7;1-10(2,3)8-4-6-9(11)7-5-8/h4-7H,1-3H3;4-6H,1-3H3;4-6H,12H2,1-3H3;4-7H,11H2,1-3H3. The summed E-state index contributed by atoms with van der Waals surface area (Å²) in [5.41, 5.74) is 19.7. The van der Waals surface area contributed by atoms with Gasteiger partial charge >= 0.3 is 0 Å². The zero-order valence-electron chi connectivity index (χ0n) is 30.7. The summed E-state index contributed by atoms with van der Waals surface area (Å²) in [6.45, 7) is 26.3. The molecule has 0 unspecified atom stereocenters. The summed E-state index contributed by atoms with van der Waals surface area (Å²) < 4.78 is 4.45. The molecule has 4 aromatic carbocycles. The van der Waals surface area contributed by atoms with Gasteiger partial charge in [-0.2, -0.15) is 0 Å². The van der Waals surface area contributed by atoms with Crippen molar-refractivity contribution in [1.82, 2.24) is 0 Å². The summed E-state index contributed by atoms with van der Waals surface area (Å²) in [5.74, 6) is 0. The van der Waals surface area contributed by atoms with Crippen LogP contribution in [-0.4, -0.2) is 6.29 Å². The molecule has 0 heterocycles. The summed E-state index contributed by atoms with van der Waals surface area (Å²) >= 11 is 11.4. The van der Waals surface area contributed by atoms with Crippen LogP contribution in [0.2, 0.25) is 0 Å². The molecule has 48 heavy (non-hydrogen) atoms. The van der Waals surface area contributed by atoms with Crippen LogP contribution in [0.25, 0.3) is 0 Å². The van der Waals surface area contributed by atoms with Crippen molar-refractivity contribution < 1.29 is 4.79 Å². The quantitative estimate of drug-likeness (QED) is 0.113. The predicted octanol–water partition coefficient (Wildman–Crippen LogP) is 13.6. The SMILES string of the molecule is CC(C)(C)c1ccc(Br)c(C=O)c1.CC(C)(C)c1ccc(Br)c(I)c1.CC(C)(C)c1ccc(N)c(I)c1.CC(C)(C)c1ccc(N)cc1. The van der Waals surface area contributed by atoms with E-state index in [-0.39, 0.29) is 21.7 Å². The molecule has 262 valence electrons. The first-order chi connectivity index (χ1) is 21.8. The molecule has 0 aromatic heterocycles. The Balaban J connectivity index is 0.000000320. The van der Waals surface area contributed by atoms with Crippen LogP contribution in [-0.2, 0) is 21.7 Å². The average molecular weight is 1000 g/mol. The predicted molar refractivity (Wildman–Crippen MR) is 236 cm³/mol. The molecule has 4 rings (SSSR count). The van der Waals surface area contributed by atoms with Crippen molar-refractivity contribution in [2.24, 2.45) is 0 Å².